The van der Waals surface area contributed by atoms with Crippen LogP contribution < -0.4 is 14.8 Å². The third-order valence-electron chi connectivity index (χ3n) is 5.24. The predicted octanol–water partition coefficient (Wildman–Crippen LogP) is 3.59. The van der Waals surface area contributed by atoms with Crippen LogP contribution in [0.2, 0.25) is 0 Å². The summed E-state index contributed by atoms with van der Waals surface area (Å²) >= 11 is 0. The van der Waals surface area contributed by atoms with Crippen LogP contribution in [0.5, 0.6) is 11.5 Å². The Balaban J connectivity index is 1.88. The fourth-order valence-electron chi connectivity index (χ4n) is 3.89. The van der Waals surface area contributed by atoms with E-state index in [1.54, 1.807) is 0 Å². The molecule has 0 bridgehead atoms. The van der Waals surface area contributed by atoms with Crippen molar-refractivity contribution in [2.75, 3.05) is 19.9 Å². The van der Waals surface area contributed by atoms with Crippen LogP contribution in [-0.2, 0) is 0 Å². The van der Waals surface area contributed by atoms with Crippen molar-refractivity contribution < 1.29 is 9.47 Å². The summed E-state index contributed by atoms with van der Waals surface area (Å²) in [6, 6.07) is 4.69. The Morgan fingerprint density at radius 2 is 1.87 bits per heavy atom. The average Bonchev–Trinajstić information content (AvgIpc) is 3.18. The Morgan fingerprint density at radius 1 is 1.17 bits per heavy atom. The fraction of sp³-hybridized carbons (Fsp3) is 0.611. The van der Waals surface area contributed by atoms with Crippen LogP contribution in [0.3, 0.4) is 0 Å². The van der Waals surface area contributed by atoms with Crippen molar-refractivity contribution in [3.8, 4) is 11.5 Å². The van der Waals surface area contributed by atoms with Gasteiger partial charge >= 0.3 is 0 Å². The van der Waals surface area contributed by atoms with E-state index >= 15 is 0 Å². The molecule has 2 aliphatic heterocycles. The molecule has 0 aliphatic carbocycles. The second-order valence-corrected chi connectivity index (χ2v) is 6.53. The van der Waals surface area contributed by atoms with Crippen molar-refractivity contribution in [2.45, 2.75) is 51.5 Å². The number of benzene rings is 1. The molecule has 0 atom stereocenters. The molecule has 2 aliphatic rings. The number of ether oxygens (including phenoxy) is 2. The van der Waals surface area contributed by atoms with Crippen LogP contribution >= 0.6 is 0 Å². The third-order valence-corrected chi connectivity index (χ3v) is 5.24. The minimum Gasteiger partial charge on any atom is -0.454 e. The maximum absolute atomic E-state index is 5.60. The van der Waals surface area contributed by atoms with Crippen LogP contribution in [0.25, 0.3) is 11.0 Å². The SMILES string of the molecule is CCC(CC)c1nc2cc3c(cc2n1C1CCNCC1)OCO3. The van der Waals surface area contributed by atoms with Crippen LogP contribution in [0.15, 0.2) is 12.1 Å². The Labute approximate surface area is 137 Å². The van der Waals surface area contributed by atoms with Crippen LogP contribution in [0.1, 0.15) is 57.3 Å². The lowest BCUT2D eigenvalue weighted by atomic mass is 10.0. The molecule has 1 fully saturated rings. The minimum atomic E-state index is 0.314. The number of fused-ring (bicyclic) bond motifs is 2. The molecule has 23 heavy (non-hydrogen) atoms. The molecule has 2 aromatic rings. The van der Waals surface area contributed by atoms with E-state index in [-0.39, 0.29) is 0 Å². The van der Waals surface area contributed by atoms with Gasteiger partial charge in [-0.25, -0.2) is 4.98 Å². The molecule has 1 aromatic carbocycles. The van der Waals surface area contributed by atoms with Gasteiger partial charge in [-0.1, -0.05) is 13.8 Å². The topological polar surface area (TPSA) is 48.3 Å². The maximum Gasteiger partial charge on any atom is 0.231 e. The van der Waals surface area contributed by atoms with Crippen LogP contribution in [0, 0.1) is 0 Å². The number of nitrogens with one attached hydrogen (secondary N) is 1. The largest absolute Gasteiger partial charge is 0.454 e. The van der Waals surface area contributed by atoms with Gasteiger partial charge in [0, 0.05) is 24.1 Å². The van der Waals surface area contributed by atoms with Gasteiger partial charge in [-0.15, -0.1) is 0 Å². The van der Waals surface area contributed by atoms with Gasteiger partial charge in [-0.05, 0) is 38.8 Å². The Hall–Kier alpha value is -1.75. The van der Waals surface area contributed by atoms with Crippen molar-refractivity contribution in [1.29, 1.82) is 0 Å². The normalized spacial score (nSPS) is 18.2. The number of hydrogen-bond donors (Lipinski definition) is 1. The molecule has 0 radical (unpaired) electrons. The van der Waals surface area contributed by atoms with Gasteiger partial charge in [0.1, 0.15) is 5.82 Å². The summed E-state index contributed by atoms with van der Waals surface area (Å²) in [5.74, 6) is 3.42. The highest BCUT2D eigenvalue weighted by Crippen LogP contribution is 2.39. The van der Waals surface area contributed by atoms with E-state index in [0.717, 1.165) is 55.8 Å². The highest BCUT2D eigenvalue weighted by molar-refractivity contribution is 5.81. The van der Waals surface area contributed by atoms with Gasteiger partial charge < -0.3 is 19.4 Å². The summed E-state index contributed by atoms with van der Waals surface area (Å²) in [4.78, 5) is 5.01. The average molecular weight is 315 g/mol. The summed E-state index contributed by atoms with van der Waals surface area (Å²) in [6.45, 7) is 6.99. The summed E-state index contributed by atoms with van der Waals surface area (Å²) in [5, 5.41) is 3.46. The molecule has 5 nitrogen and oxygen atoms in total. The zero-order chi connectivity index (χ0) is 15.8. The quantitative estimate of drug-likeness (QED) is 0.936. The Morgan fingerprint density at radius 3 is 2.57 bits per heavy atom. The predicted molar refractivity (Wildman–Crippen MR) is 90.3 cm³/mol. The number of aromatic nitrogens is 2. The molecule has 1 N–H and O–H groups in total. The highest BCUT2D eigenvalue weighted by atomic mass is 16.7. The van der Waals surface area contributed by atoms with E-state index in [4.69, 9.17) is 14.5 Å². The van der Waals surface area contributed by atoms with Crippen molar-refractivity contribution in [3.05, 3.63) is 18.0 Å². The third kappa shape index (κ3) is 2.47. The second kappa shape index (κ2) is 6.04. The van der Waals surface area contributed by atoms with E-state index in [2.05, 4.69) is 29.8 Å². The number of nitrogens with zero attached hydrogens (tertiary/aromatic N) is 2. The Bertz CT molecular complexity index is 700. The summed E-state index contributed by atoms with van der Waals surface area (Å²) < 4.78 is 13.6. The van der Waals surface area contributed by atoms with E-state index in [9.17, 15) is 0 Å². The van der Waals surface area contributed by atoms with E-state index < -0.39 is 0 Å². The molecule has 0 saturated carbocycles. The first-order valence-corrected chi connectivity index (χ1v) is 8.84. The van der Waals surface area contributed by atoms with Gasteiger partial charge in [0.05, 0.1) is 11.0 Å². The van der Waals surface area contributed by atoms with Crippen LogP contribution in [-0.4, -0.2) is 29.4 Å². The lowest BCUT2D eigenvalue weighted by Gasteiger charge is -2.28. The van der Waals surface area contributed by atoms with Crippen LogP contribution in [0.4, 0.5) is 0 Å². The molecule has 5 heteroatoms. The summed E-state index contributed by atoms with van der Waals surface area (Å²) in [6.07, 6.45) is 4.56. The maximum atomic E-state index is 5.60. The highest BCUT2D eigenvalue weighted by Gasteiger charge is 2.26. The molecule has 0 unspecified atom stereocenters. The lowest BCUT2D eigenvalue weighted by Crippen LogP contribution is -2.30. The molecular weight excluding hydrogens is 290 g/mol. The molecule has 1 saturated heterocycles. The first-order chi connectivity index (χ1) is 11.3. The first-order valence-electron chi connectivity index (χ1n) is 8.84. The fourth-order valence-corrected chi connectivity index (χ4v) is 3.89. The van der Waals surface area contributed by atoms with Gasteiger partial charge in [0.2, 0.25) is 6.79 Å². The Kier molecular flexibility index (Phi) is 3.89. The zero-order valence-corrected chi connectivity index (χ0v) is 14.0. The van der Waals surface area contributed by atoms with Crippen molar-refractivity contribution in [1.82, 2.24) is 14.9 Å². The number of piperidine rings is 1. The van der Waals surface area contributed by atoms with E-state index in [1.807, 2.05) is 6.07 Å². The molecule has 0 amide bonds. The number of rotatable bonds is 4. The molecular formula is C18H25N3O2. The van der Waals surface area contributed by atoms with Gasteiger partial charge in [-0.3, -0.25) is 0 Å². The number of imidazole rings is 1. The van der Waals surface area contributed by atoms with E-state index in [1.165, 1.54) is 11.3 Å². The van der Waals surface area contributed by atoms with E-state index in [0.29, 0.717) is 18.8 Å². The smallest absolute Gasteiger partial charge is 0.231 e. The monoisotopic (exact) mass is 315 g/mol. The van der Waals surface area contributed by atoms with Crippen molar-refractivity contribution in [2.24, 2.45) is 0 Å². The van der Waals surface area contributed by atoms with Crippen molar-refractivity contribution in [3.63, 3.8) is 0 Å². The summed E-state index contributed by atoms with van der Waals surface area (Å²) in [7, 11) is 0. The number of hydrogen-bond acceptors (Lipinski definition) is 4. The van der Waals surface area contributed by atoms with Crippen molar-refractivity contribution >= 4 is 11.0 Å². The molecule has 124 valence electrons. The molecule has 4 rings (SSSR count). The second-order valence-electron chi connectivity index (χ2n) is 6.53. The minimum absolute atomic E-state index is 0.314. The summed E-state index contributed by atoms with van der Waals surface area (Å²) in [5.41, 5.74) is 2.23. The first kappa shape index (κ1) is 14.8. The zero-order valence-electron chi connectivity index (χ0n) is 14.0. The molecule has 1 aromatic heterocycles. The lowest BCUT2D eigenvalue weighted by molar-refractivity contribution is 0.174. The standard InChI is InChI=1S/C18H25N3O2/c1-3-12(4-2)18-20-14-9-16-17(23-11-22-16)10-15(14)21(18)13-5-7-19-8-6-13/h9-10,12-13,19H,3-8,11H2,1-2H3. The van der Waals surface area contributed by atoms with Gasteiger partial charge in [0.15, 0.2) is 11.5 Å². The van der Waals surface area contributed by atoms with Gasteiger partial charge in [0.25, 0.3) is 0 Å². The molecule has 0 spiro atoms. The van der Waals surface area contributed by atoms with Gasteiger partial charge in [-0.2, -0.15) is 0 Å². The molecule has 3 heterocycles.